The average molecular weight is 268 g/mol. The van der Waals surface area contributed by atoms with Crippen molar-refractivity contribution >= 4 is 17.3 Å². The van der Waals surface area contributed by atoms with Gasteiger partial charge in [-0.2, -0.15) is 0 Å². The fraction of sp³-hybridized carbons (Fsp3) is 0.235. The van der Waals surface area contributed by atoms with Crippen LogP contribution in [0.25, 0.3) is 0 Å². The van der Waals surface area contributed by atoms with Crippen molar-refractivity contribution in [2.75, 3.05) is 11.1 Å². The van der Waals surface area contributed by atoms with E-state index in [9.17, 15) is 4.79 Å². The summed E-state index contributed by atoms with van der Waals surface area (Å²) < 4.78 is 0. The molecular formula is C17H20N2O. The molecule has 0 saturated carbocycles. The summed E-state index contributed by atoms with van der Waals surface area (Å²) in [5.41, 5.74) is 12.3. The van der Waals surface area contributed by atoms with Gasteiger partial charge in [0.15, 0.2) is 0 Å². The summed E-state index contributed by atoms with van der Waals surface area (Å²) in [4.78, 5) is 12.3. The van der Waals surface area contributed by atoms with Crippen molar-refractivity contribution in [1.29, 1.82) is 0 Å². The zero-order valence-corrected chi connectivity index (χ0v) is 12.4. The van der Waals surface area contributed by atoms with Crippen LogP contribution in [0.15, 0.2) is 30.3 Å². The first-order valence-electron chi connectivity index (χ1n) is 6.64. The number of amides is 1. The van der Waals surface area contributed by atoms with Gasteiger partial charge in [0.05, 0.1) is 0 Å². The van der Waals surface area contributed by atoms with E-state index in [-0.39, 0.29) is 5.91 Å². The Hall–Kier alpha value is -2.29. The minimum atomic E-state index is -0.0935. The summed E-state index contributed by atoms with van der Waals surface area (Å²) in [6.07, 6.45) is 0. The van der Waals surface area contributed by atoms with Crippen molar-refractivity contribution in [3.8, 4) is 0 Å². The molecule has 2 aromatic rings. The van der Waals surface area contributed by atoms with Crippen LogP contribution in [0.5, 0.6) is 0 Å². The predicted octanol–water partition coefficient (Wildman–Crippen LogP) is 3.75. The molecule has 0 aliphatic carbocycles. The average Bonchev–Trinajstić information content (AvgIpc) is 2.36. The highest BCUT2D eigenvalue weighted by Crippen LogP contribution is 2.24. The van der Waals surface area contributed by atoms with Crippen molar-refractivity contribution < 1.29 is 4.79 Å². The van der Waals surface area contributed by atoms with E-state index in [1.165, 1.54) is 5.56 Å². The maximum atomic E-state index is 12.3. The van der Waals surface area contributed by atoms with Crippen molar-refractivity contribution in [2.24, 2.45) is 0 Å². The van der Waals surface area contributed by atoms with Crippen molar-refractivity contribution in [1.82, 2.24) is 0 Å². The van der Waals surface area contributed by atoms with Gasteiger partial charge >= 0.3 is 0 Å². The first-order chi connectivity index (χ1) is 9.38. The Balaban J connectivity index is 2.30. The van der Waals surface area contributed by atoms with Gasteiger partial charge in [-0.1, -0.05) is 6.07 Å². The van der Waals surface area contributed by atoms with E-state index in [4.69, 9.17) is 5.73 Å². The number of hydrogen-bond acceptors (Lipinski definition) is 2. The number of hydrogen-bond donors (Lipinski definition) is 2. The van der Waals surface area contributed by atoms with Crippen molar-refractivity contribution in [3.63, 3.8) is 0 Å². The second-order valence-corrected chi connectivity index (χ2v) is 5.28. The largest absolute Gasteiger partial charge is 0.399 e. The summed E-state index contributed by atoms with van der Waals surface area (Å²) in [5.74, 6) is -0.0935. The number of aryl methyl sites for hydroxylation is 4. The molecule has 0 heterocycles. The molecule has 0 aliphatic heterocycles. The van der Waals surface area contributed by atoms with Gasteiger partial charge in [-0.05, 0) is 74.2 Å². The highest BCUT2D eigenvalue weighted by Gasteiger charge is 2.11. The van der Waals surface area contributed by atoms with E-state index in [1.807, 2.05) is 58.0 Å². The molecule has 0 radical (unpaired) electrons. The Morgan fingerprint density at radius 2 is 1.50 bits per heavy atom. The van der Waals surface area contributed by atoms with Gasteiger partial charge < -0.3 is 11.1 Å². The summed E-state index contributed by atoms with van der Waals surface area (Å²) in [6.45, 7) is 7.93. The number of benzene rings is 2. The number of anilines is 2. The van der Waals surface area contributed by atoms with Gasteiger partial charge in [-0.25, -0.2) is 0 Å². The number of rotatable bonds is 2. The smallest absolute Gasteiger partial charge is 0.255 e. The van der Waals surface area contributed by atoms with Crippen LogP contribution in [-0.2, 0) is 0 Å². The molecular weight excluding hydrogens is 248 g/mol. The molecule has 0 aliphatic rings. The molecule has 1 amide bonds. The normalized spacial score (nSPS) is 10.4. The molecule has 3 nitrogen and oxygen atoms in total. The lowest BCUT2D eigenvalue weighted by atomic mass is 10.0. The second kappa shape index (κ2) is 5.37. The molecule has 0 aromatic heterocycles. The van der Waals surface area contributed by atoms with Gasteiger partial charge in [0.2, 0.25) is 0 Å². The first kappa shape index (κ1) is 14.1. The van der Waals surface area contributed by atoms with E-state index in [1.54, 1.807) is 0 Å². The molecule has 2 rings (SSSR count). The number of nitrogens with one attached hydrogen (secondary N) is 1. The quantitative estimate of drug-likeness (QED) is 0.815. The zero-order chi connectivity index (χ0) is 14.9. The monoisotopic (exact) mass is 268 g/mol. The van der Waals surface area contributed by atoms with E-state index in [0.717, 1.165) is 22.4 Å². The molecule has 20 heavy (non-hydrogen) atoms. The molecule has 104 valence electrons. The number of nitrogens with two attached hydrogens (primary N) is 1. The van der Waals surface area contributed by atoms with Crippen molar-refractivity contribution in [3.05, 3.63) is 58.1 Å². The van der Waals surface area contributed by atoms with Crippen LogP contribution in [0.4, 0.5) is 11.4 Å². The zero-order valence-electron chi connectivity index (χ0n) is 12.4. The van der Waals surface area contributed by atoms with E-state index >= 15 is 0 Å². The number of nitrogen functional groups attached to an aromatic ring is 1. The Labute approximate surface area is 119 Å². The summed E-state index contributed by atoms with van der Waals surface area (Å²) >= 11 is 0. The third kappa shape index (κ3) is 2.82. The van der Waals surface area contributed by atoms with Crippen LogP contribution in [0.2, 0.25) is 0 Å². The van der Waals surface area contributed by atoms with Crippen LogP contribution in [-0.4, -0.2) is 5.91 Å². The molecule has 0 fully saturated rings. The lowest BCUT2D eigenvalue weighted by Gasteiger charge is -2.13. The third-order valence-electron chi connectivity index (χ3n) is 3.56. The molecule has 3 N–H and O–H groups in total. The van der Waals surface area contributed by atoms with Crippen LogP contribution >= 0.6 is 0 Å². The number of carbonyl (C=O) groups is 1. The Kier molecular flexibility index (Phi) is 3.79. The summed E-state index contributed by atoms with van der Waals surface area (Å²) in [5, 5.41) is 2.97. The molecule has 0 unspecified atom stereocenters. The van der Waals surface area contributed by atoms with Gasteiger partial charge in [-0.15, -0.1) is 0 Å². The minimum absolute atomic E-state index is 0.0935. The SMILES string of the molecule is Cc1ccc(C(=O)Nc2c(C)cc(N)cc2C)cc1C. The highest BCUT2D eigenvalue weighted by atomic mass is 16.1. The molecule has 0 atom stereocenters. The van der Waals surface area contributed by atoms with Crippen LogP contribution < -0.4 is 11.1 Å². The third-order valence-corrected chi connectivity index (χ3v) is 3.56. The molecule has 2 aromatic carbocycles. The van der Waals surface area contributed by atoms with Crippen LogP contribution in [0, 0.1) is 27.7 Å². The predicted molar refractivity (Wildman–Crippen MR) is 84.2 cm³/mol. The Morgan fingerprint density at radius 3 is 2.05 bits per heavy atom. The van der Waals surface area contributed by atoms with Gasteiger partial charge in [-0.3, -0.25) is 4.79 Å². The molecule has 0 spiro atoms. The summed E-state index contributed by atoms with van der Waals surface area (Å²) in [6, 6.07) is 9.45. The van der Waals surface area contributed by atoms with Crippen LogP contribution in [0.3, 0.4) is 0 Å². The standard InChI is InChI=1S/C17H20N2O/c1-10-5-6-14(7-11(10)2)17(20)19-16-12(3)8-15(18)9-13(16)4/h5-9H,18H2,1-4H3,(H,19,20). The summed E-state index contributed by atoms with van der Waals surface area (Å²) in [7, 11) is 0. The van der Waals surface area contributed by atoms with E-state index < -0.39 is 0 Å². The molecule has 0 bridgehead atoms. The first-order valence-corrected chi connectivity index (χ1v) is 6.64. The highest BCUT2D eigenvalue weighted by molar-refractivity contribution is 6.05. The molecule has 0 saturated heterocycles. The van der Waals surface area contributed by atoms with Gasteiger partial charge in [0.25, 0.3) is 5.91 Å². The second-order valence-electron chi connectivity index (χ2n) is 5.28. The topological polar surface area (TPSA) is 55.1 Å². The van der Waals surface area contributed by atoms with Gasteiger partial charge in [0, 0.05) is 16.9 Å². The fourth-order valence-corrected chi connectivity index (χ4v) is 2.26. The van der Waals surface area contributed by atoms with Gasteiger partial charge in [0.1, 0.15) is 0 Å². The molecule has 3 heteroatoms. The Morgan fingerprint density at radius 1 is 0.900 bits per heavy atom. The Bertz CT molecular complexity index is 652. The lowest BCUT2D eigenvalue weighted by Crippen LogP contribution is -2.14. The number of carbonyl (C=O) groups excluding carboxylic acids is 1. The maximum Gasteiger partial charge on any atom is 0.255 e. The van der Waals surface area contributed by atoms with Crippen LogP contribution in [0.1, 0.15) is 32.6 Å². The maximum absolute atomic E-state index is 12.3. The van der Waals surface area contributed by atoms with Crippen molar-refractivity contribution in [2.45, 2.75) is 27.7 Å². The lowest BCUT2D eigenvalue weighted by molar-refractivity contribution is 0.102. The van der Waals surface area contributed by atoms with E-state index in [2.05, 4.69) is 5.32 Å². The van der Waals surface area contributed by atoms with E-state index in [0.29, 0.717) is 11.3 Å². The fourth-order valence-electron chi connectivity index (χ4n) is 2.26. The minimum Gasteiger partial charge on any atom is -0.399 e.